The molecule has 4 heteroatoms. The fourth-order valence-electron chi connectivity index (χ4n) is 1.78. The topological polar surface area (TPSA) is 38.3 Å². The van der Waals surface area contributed by atoms with Crippen molar-refractivity contribution in [1.82, 2.24) is 5.32 Å². The summed E-state index contributed by atoms with van der Waals surface area (Å²) in [5, 5.41) is 4.88. The van der Waals surface area contributed by atoms with Crippen molar-refractivity contribution in [3.05, 3.63) is 52.2 Å². The van der Waals surface area contributed by atoms with Crippen molar-refractivity contribution in [3.8, 4) is 5.75 Å². The zero-order chi connectivity index (χ0) is 13.7. The van der Waals surface area contributed by atoms with Gasteiger partial charge in [-0.1, -0.05) is 18.2 Å². The number of hydrogen-bond acceptors (Lipinski definition) is 3. The summed E-state index contributed by atoms with van der Waals surface area (Å²) in [5.41, 5.74) is 1.06. The lowest BCUT2D eigenvalue weighted by Crippen LogP contribution is -2.25. The van der Waals surface area contributed by atoms with E-state index in [1.54, 1.807) is 0 Å². The molecule has 19 heavy (non-hydrogen) atoms. The lowest BCUT2D eigenvalue weighted by Gasteiger charge is -2.14. The van der Waals surface area contributed by atoms with Crippen LogP contribution in [0.15, 0.2) is 41.8 Å². The number of rotatable bonds is 5. The van der Waals surface area contributed by atoms with Crippen LogP contribution in [0.25, 0.3) is 0 Å². The molecule has 1 aromatic carbocycles. The lowest BCUT2D eigenvalue weighted by atomic mass is 10.1. The highest BCUT2D eigenvalue weighted by Crippen LogP contribution is 2.18. The highest BCUT2D eigenvalue weighted by atomic mass is 32.1. The quantitative estimate of drug-likeness (QED) is 0.904. The molecule has 1 N–H and O–H groups in total. The second kappa shape index (κ2) is 6.38. The maximum atomic E-state index is 11.9. The highest BCUT2D eigenvalue weighted by molar-refractivity contribution is 7.12. The molecule has 0 radical (unpaired) electrons. The van der Waals surface area contributed by atoms with Crippen LogP contribution in [0.2, 0.25) is 0 Å². The van der Waals surface area contributed by atoms with Crippen molar-refractivity contribution in [3.63, 3.8) is 0 Å². The fraction of sp³-hybridized carbons (Fsp3) is 0.267. The summed E-state index contributed by atoms with van der Waals surface area (Å²) in [6.07, 6.45) is 0. The molecule has 0 unspecified atom stereocenters. The second-order valence-corrected chi connectivity index (χ2v) is 5.12. The number of amides is 1. The zero-order valence-corrected chi connectivity index (χ0v) is 11.9. The first-order valence-corrected chi connectivity index (χ1v) is 7.15. The fourth-order valence-corrected chi connectivity index (χ4v) is 2.41. The van der Waals surface area contributed by atoms with Gasteiger partial charge >= 0.3 is 0 Å². The number of thiophene rings is 1. The van der Waals surface area contributed by atoms with Gasteiger partial charge in [0.05, 0.1) is 17.5 Å². The van der Waals surface area contributed by atoms with Crippen LogP contribution in [-0.4, -0.2) is 12.5 Å². The Morgan fingerprint density at radius 2 is 2.05 bits per heavy atom. The smallest absolute Gasteiger partial charge is 0.261 e. The Hall–Kier alpha value is -1.81. The summed E-state index contributed by atoms with van der Waals surface area (Å²) in [6.45, 7) is 4.59. The van der Waals surface area contributed by atoms with Gasteiger partial charge < -0.3 is 10.1 Å². The van der Waals surface area contributed by atoms with Crippen LogP contribution in [0.5, 0.6) is 5.75 Å². The lowest BCUT2D eigenvalue weighted by molar-refractivity contribution is 0.0944. The van der Waals surface area contributed by atoms with E-state index in [1.807, 2.05) is 55.6 Å². The van der Waals surface area contributed by atoms with Crippen molar-refractivity contribution in [2.45, 2.75) is 19.9 Å². The van der Waals surface area contributed by atoms with Crippen LogP contribution in [0.4, 0.5) is 0 Å². The minimum Gasteiger partial charge on any atom is -0.494 e. The molecule has 0 spiro atoms. The molecule has 0 fully saturated rings. The molecule has 1 atom stereocenters. The summed E-state index contributed by atoms with van der Waals surface area (Å²) >= 11 is 1.45. The molecule has 0 saturated carbocycles. The van der Waals surface area contributed by atoms with Gasteiger partial charge in [-0.3, -0.25) is 4.79 Å². The number of hydrogen-bond donors (Lipinski definition) is 1. The van der Waals surface area contributed by atoms with Gasteiger partial charge in [0.25, 0.3) is 5.91 Å². The zero-order valence-electron chi connectivity index (χ0n) is 11.1. The highest BCUT2D eigenvalue weighted by Gasteiger charge is 2.11. The Morgan fingerprint density at radius 3 is 2.63 bits per heavy atom. The number of nitrogens with one attached hydrogen (secondary N) is 1. The molecular formula is C15H17NO2S. The molecule has 0 bridgehead atoms. The van der Waals surface area contributed by atoms with Gasteiger partial charge in [0.2, 0.25) is 0 Å². The monoisotopic (exact) mass is 275 g/mol. The van der Waals surface area contributed by atoms with E-state index in [2.05, 4.69) is 5.32 Å². The standard InChI is InChI=1S/C15H17NO2S/c1-3-18-13-8-6-12(7-9-13)11(2)16-15(17)14-5-4-10-19-14/h4-11H,3H2,1-2H3,(H,16,17)/t11-/m1/s1. The normalized spacial score (nSPS) is 11.9. The number of benzene rings is 1. The van der Waals surface area contributed by atoms with Gasteiger partial charge in [0, 0.05) is 0 Å². The van der Waals surface area contributed by atoms with Gasteiger partial charge in [-0.05, 0) is 43.0 Å². The maximum Gasteiger partial charge on any atom is 0.261 e. The van der Waals surface area contributed by atoms with E-state index >= 15 is 0 Å². The van der Waals surface area contributed by atoms with Gasteiger partial charge in [-0.25, -0.2) is 0 Å². The maximum absolute atomic E-state index is 11.9. The molecule has 0 aliphatic carbocycles. The summed E-state index contributed by atoms with van der Waals surface area (Å²) in [6, 6.07) is 11.5. The van der Waals surface area contributed by atoms with Crippen molar-refractivity contribution in [2.24, 2.45) is 0 Å². The van der Waals surface area contributed by atoms with E-state index in [0.29, 0.717) is 6.61 Å². The van der Waals surface area contributed by atoms with Crippen LogP contribution in [0.1, 0.15) is 35.1 Å². The first-order chi connectivity index (χ1) is 9.20. The molecule has 1 aromatic heterocycles. The Labute approximate surface area is 117 Å². The molecule has 0 aliphatic heterocycles. The van der Waals surface area contributed by atoms with Crippen LogP contribution in [-0.2, 0) is 0 Å². The van der Waals surface area contributed by atoms with E-state index in [4.69, 9.17) is 4.74 Å². The van der Waals surface area contributed by atoms with Crippen LogP contribution in [0.3, 0.4) is 0 Å². The van der Waals surface area contributed by atoms with Gasteiger partial charge in [0.1, 0.15) is 5.75 Å². The SMILES string of the molecule is CCOc1ccc([C@@H](C)NC(=O)c2cccs2)cc1. The predicted octanol–water partition coefficient (Wildman–Crippen LogP) is 3.64. The minimum atomic E-state index is -0.0311. The molecule has 2 rings (SSSR count). The van der Waals surface area contributed by atoms with Crippen molar-refractivity contribution in [1.29, 1.82) is 0 Å². The van der Waals surface area contributed by atoms with Crippen molar-refractivity contribution in [2.75, 3.05) is 6.61 Å². The Morgan fingerprint density at radius 1 is 1.32 bits per heavy atom. The Bertz CT molecular complexity index is 520. The molecule has 1 amide bonds. The van der Waals surface area contributed by atoms with E-state index in [9.17, 15) is 4.79 Å². The van der Waals surface area contributed by atoms with Crippen molar-refractivity contribution >= 4 is 17.2 Å². The summed E-state index contributed by atoms with van der Waals surface area (Å²) < 4.78 is 5.39. The third-order valence-electron chi connectivity index (χ3n) is 2.78. The molecule has 1 heterocycles. The number of carbonyl (C=O) groups is 1. The van der Waals surface area contributed by atoms with Gasteiger partial charge in [-0.2, -0.15) is 0 Å². The average Bonchev–Trinajstić information content (AvgIpc) is 2.94. The first kappa shape index (κ1) is 13.6. The summed E-state index contributed by atoms with van der Waals surface area (Å²) in [7, 11) is 0. The largest absolute Gasteiger partial charge is 0.494 e. The molecule has 100 valence electrons. The van der Waals surface area contributed by atoms with Gasteiger partial charge in [0.15, 0.2) is 0 Å². The Kier molecular flexibility index (Phi) is 4.58. The summed E-state index contributed by atoms with van der Waals surface area (Å²) in [4.78, 5) is 12.7. The van der Waals surface area contributed by atoms with E-state index in [0.717, 1.165) is 16.2 Å². The second-order valence-electron chi connectivity index (χ2n) is 4.17. The van der Waals surface area contributed by atoms with Crippen LogP contribution < -0.4 is 10.1 Å². The van der Waals surface area contributed by atoms with Gasteiger partial charge in [-0.15, -0.1) is 11.3 Å². The predicted molar refractivity (Wildman–Crippen MR) is 77.8 cm³/mol. The molecule has 3 nitrogen and oxygen atoms in total. The van der Waals surface area contributed by atoms with Crippen LogP contribution in [0, 0.1) is 0 Å². The van der Waals surface area contributed by atoms with E-state index in [1.165, 1.54) is 11.3 Å². The number of carbonyl (C=O) groups excluding carboxylic acids is 1. The molecule has 2 aromatic rings. The Balaban J connectivity index is 1.99. The molecule has 0 saturated heterocycles. The molecular weight excluding hydrogens is 258 g/mol. The third kappa shape index (κ3) is 3.58. The molecule has 0 aliphatic rings. The number of ether oxygens (including phenoxy) is 1. The average molecular weight is 275 g/mol. The van der Waals surface area contributed by atoms with Crippen LogP contribution >= 0.6 is 11.3 Å². The van der Waals surface area contributed by atoms with E-state index in [-0.39, 0.29) is 11.9 Å². The first-order valence-electron chi connectivity index (χ1n) is 6.28. The minimum absolute atomic E-state index is 0.0229. The third-order valence-corrected chi connectivity index (χ3v) is 3.65. The van der Waals surface area contributed by atoms with E-state index < -0.39 is 0 Å². The summed E-state index contributed by atoms with van der Waals surface area (Å²) in [5.74, 6) is 0.819. The van der Waals surface area contributed by atoms with Crippen molar-refractivity contribution < 1.29 is 9.53 Å².